The number of carbonyl (C=O) groups is 2. The molecule has 1 saturated heterocycles. The number of carbonyl (C=O) groups excluding carboxylic acids is 2. The Balaban J connectivity index is 0.960. The molecule has 6 rings (SSSR count). The van der Waals surface area contributed by atoms with Crippen LogP contribution in [0.15, 0.2) is 78.9 Å². The van der Waals surface area contributed by atoms with Crippen molar-refractivity contribution < 1.29 is 37.7 Å². The van der Waals surface area contributed by atoms with Gasteiger partial charge in [-0.05, 0) is 109 Å². The highest BCUT2D eigenvalue weighted by molar-refractivity contribution is 5.94. The number of unbranched alkanes of at least 4 members (excludes halogenated alkanes) is 3. The molecule has 1 fully saturated rings. The first kappa shape index (κ1) is 34.8. The Hall–Kier alpha value is -5.04. The Morgan fingerprint density at radius 1 is 0.800 bits per heavy atom. The highest BCUT2D eigenvalue weighted by Crippen LogP contribution is 2.46. The molecule has 1 aliphatic heterocycles. The summed E-state index contributed by atoms with van der Waals surface area (Å²) in [5.74, 6) is -0.778. The number of fused-ring (bicyclic) bond motifs is 3. The number of esters is 2. The summed E-state index contributed by atoms with van der Waals surface area (Å²) in [5.41, 5.74) is 4.69. The lowest BCUT2D eigenvalue weighted by molar-refractivity contribution is -0.150. The minimum Gasteiger partial charge on any atom is -0.494 e. The number of benzene rings is 4. The number of halogens is 1. The minimum absolute atomic E-state index is 0.0223. The van der Waals surface area contributed by atoms with Gasteiger partial charge in [0.1, 0.15) is 23.1 Å². The highest BCUT2D eigenvalue weighted by Gasteiger charge is 2.36. The number of hydrogen-bond donors (Lipinski definition) is 0. The van der Waals surface area contributed by atoms with Gasteiger partial charge in [-0.3, -0.25) is 0 Å². The van der Waals surface area contributed by atoms with Crippen molar-refractivity contribution in [3.63, 3.8) is 0 Å². The topological polar surface area (TPSA) is 84.7 Å². The maximum atomic E-state index is 14.0. The van der Waals surface area contributed by atoms with E-state index in [1.807, 2.05) is 25.1 Å². The van der Waals surface area contributed by atoms with Crippen LogP contribution in [0.3, 0.4) is 0 Å². The molecule has 0 amide bonds. The summed E-state index contributed by atoms with van der Waals surface area (Å²) in [5, 5.41) is 0. The van der Waals surface area contributed by atoms with Crippen LogP contribution < -0.4 is 14.2 Å². The molecule has 1 unspecified atom stereocenters. The molecular formula is C41H40FNO7. The molecular weight excluding hydrogens is 637 g/mol. The number of ether oxygens (including phenoxy) is 5. The Bertz CT molecular complexity index is 1890. The van der Waals surface area contributed by atoms with Gasteiger partial charge < -0.3 is 23.7 Å². The van der Waals surface area contributed by atoms with Crippen LogP contribution in [-0.4, -0.2) is 45.0 Å². The highest BCUT2D eigenvalue weighted by atomic mass is 19.1. The van der Waals surface area contributed by atoms with Crippen molar-refractivity contribution >= 4 is 17.6 Å². The SMILES string of the molecule is [C-]#[N+]c1ccc(OC(=O)c2ccc3c(c2)C(C)c2cc(OC(=O)c4ccc(OCCCCCCOCC5(CC)COC5)cc4)ccc2-3)cc1F. The van der Waals surface area contributed by atoms with Gasteiger partial charge in [0.15, 0.2) is 0 Å². The van der Waals surface area contributed by atoms with Crippen LogP contribution in [0.2, 0.25) is 0 Å². The maximum Gasteiger partial charge on any atom is 0.343 e. The van der Waals surface area contributed by atoms with Gasteiger partial charge in [-0.15, -0.1) is 0 Å². The molecule has 8 nitrogen and oxygen atoms in total. The summed E-state index contributed by atoms with van der Waals surface area (Å²) in [7, 11) is 0. The zero-order valence-corrected chi connectivity index (χ0v) is 28.3. The van der Waals surface area contributed by atoms with Gasteiger partial charge in [-0.25, -0.2) is 18.8 Å². The van der Waals surface area contributed by atoms with Gasteiger partial charge in [-0.2, -0.15) is 0 Å². The predicted molar refractivity (Wildman–Crippen MR) is 187 cm³/mol. The molecule has 4 aromatic carbocycles. The first-order valence-corrected chi connectivity index (χ1v) is 17.1. The molecule has 2 aliphatic rings. The molecule has 0 N–H and O–H groups in total. The number of nitrogens with zero attached hydrogens (tertiary/aromatic N) is 1. The van der Waals surface area contributed by atoms with Crippen molar-refractivity contribution in [1.29, 1.82) is 0 Å². The van der Waals surface area contributed by atoms with Crippen LogP contribution in [0.25, 0.3) is 16.0 Å². The summed E-state index contributed by atoms with van der Waals surface area (Å²) in [6, 6.07) is 21.5. The van der Waals surface area contributed by atoms with Crippen LogP contribution in [0.1, 0.15) is 83.7 Å². The van der Waals surface area contributed by atoms with E-state index in [0.29, 0.717) is 29.2 Å². The van der Waals surface area contributed by atoms with E-state index in [-0.39, 0.29) is 22.8 Å². The summed E-state index contributed by atoms with van der Waals surface area (Å²) >= 11 is 0. The standard InChI is InChI=1S/C41H40FNO7/c1-4-41(25-47-26-41)24-46-19-7-5-6-8-20-48-30-12-9-28(10-13-30)39(44)49-31-14-17-34-33-16-11-29(21-35(33)27(2)36(34)22-31)40(45)50-32-15-18-38(43-3)37(42)23-32/h9-18,21-23,27H,4-8,19-20,24-26H2,1-2H3. The third-order valence-electron chi connectivity index (χ3n) is 9.51. The first-order valence-electron chi connectivity index (χ1n) is 17.1. The van der Waals surface area contributed by atoms with E-state index in [1.54, 1.807) is 42.5 Å². The van der Waals surface area contributed by atoms with Crippen molar-refractivity contribution in [2.24, 2.45) is 5.41 Å². The van der Waals surface area contributed by atoms with Crippen LogP contribution in [0.4, 0.5) is 10.1 Å². The molecule has 1 aliphatic carbocycles. The third kappa shape index (κ3) is 7.88. The molecule has 0 radical (unpaired) electrons. The van der Waals surface area contributed by atoms with Crippen molar-refractivity contribution in [2.75, 3.05) is 33.0 Å². The lowest BCUT2D eigenvalue weighted by Gasteiger charge is -2.40. The second-order valence-electron chi connectivity index (χ2n) is 13.0. The smallest absolute Gasteiger partial charge is 0.343 e. The fourth-order valence-electron chi connectivity index (χ4n) is 6.25. The van der Waals surface area contributed by atoms with Crippen molar-refractivity contribution in [1.82, 2.24) is 0 Å². The predicted octanol–water partition coefficient (Wildman–Crippen LogP) is 9.33. The second-order valence-corrected chi connectivity index (χ2v) is 13.0. The fourth-order valence-corrected chi connectivity index (χ4v) is 6.25. The Kier molecular flexibility index (Phi) is 10.9. The average Bonchev–Trinajstić information content (AvgIpc) is 3.38. The van der Waals surface area contributed by atoms with E-state index < -0.39 is 17.8 Å². The third-order valence-corrected chi connectivity index (χ3v) is 9.51. The molecule has 0 bridgehead atoms. The average molecular weight is 678 g/mol. The summed E-state index contributed by atoms with van der Waals surface area (Å²) in [4.78, 5) is 28.9. The lowest BCUT2D eigenvalue weighted by atomic mass is 9.84. The van der Waals surface area contributed by atoms with E-state index in [9.17, 15) is 14.0 Å². The normalized spacial score (nSPS) is 15.3. The van der Waals surface area contributed by atoms with Gasteiger partial charge in [0.2, 0.25) is 5.69 Å². The van der Waals surface area contributed by atoms with Crippen molar-refractivity contribution in [3.05, 3.63) is 118 Å². The maximum absolute atomic E-state index is 14.0. The van der Waals surface area contributed by atoms with Gasteiger partial charge in [0.25, 0.3) is 0 Å². The van der Waals surface area contributed by atoms with Crippen LogP contribution in [-0.2, 0) is 9.47 Å². The van der Waals surface area contributed by atoms with E-state index >= 15 is 0 Å². The van der Waals surface area contributed by atoms with E-state index in [0.717, 1.165) is 86.9 Å². The summed E-state index contributed by atoms with van der Waals surface area (Å²) in [6.07, 6.45) is 5.24. The quantitative estimate of drug-likeness (QED) is 0.0537. The summed E-state index contributed by atoms with van der Waals surface area (Å²) < 4.78 is 42.2. The largest absolute Gasteiger partial charge is 0.494 e. The molecule has 4 aromatic rings. The Morgan fingerprint density at radius 3 is 2.06 bits per heavy atom. The van der Waals surface area contributed by atoms with E-state index in [4.69, 9.17) is 30.3 Å². The molecule has 1 heterocycles. The van der Waals surface area contributed by atoms with Gasteiger partial charge in [0.05, 0.1) is 44.1 Å². The van der Waals surface area contributed by atoms with Gasteiger partial charge in [-0.1, -0.05) is 32.4 Å². The molecule has 258 valence electrons. The van der Waals surface area contributed by atoms with Gasteiger partial charge >= 0.3 is 11.9 Å². The Labute approximate surface area is 291 Å². The monoisotopic (exact) mass is 677 g/mol. The van der Waals surface area contributed by atoms with Crippen LogP contribution in [0.5, 0.6) is 17.2 Å². The van der Waals surface area contributed by atoms with Crippen LogP contribution in [0, 0.1) is 17.8 Å². The van der Waals surface area contributed by atoms with E-state index in [2.05, 4.69) is 11.8 Å². The van der Waals surface area contributed by atoms with E-state index in [1.165, 1.54) is 12.1 Å². The number of hydrogen-bond acceptors (Lipinski definition) is 7. The molecule has 0 spiro atoms. The molecule has 9 heteroatoms. The molecule has 50 heavy (non-hydrogen) atoms. The first-order chi connectivity index (χ1) is 24.3. The zero-order chi connectivity index (χ0) is 35.1. The summed E-state index contributed by atoms with van der Waals surface area (Å²) in [6.45, 7) is 15.0. The second kappa shape index (κ2) is 15.7. The fraction of sp³-hybridized carbons (Fsp3) is 0.341. The van der Waals surface area contributed by atoms with Crippen molar-refractivity contribution in [2.45, 2.75) is 51.9 Å². The van der Waals surface area contributed by atoms with Gasteiger partial charge in [0, 0.05) is 24.0 Å². The number of rotatable bonds is 15. The Morgan fingerprint density at radius 2 is 1.40 bits per heavy atom. The minimum atomic E-state index is -0.749. The van der Waals surface area contributed by atoms with Crippen LogP contribution >= 0.6 is 0 Å². The molecule has 0 saturated carbocycles. The molecule has 0 aromatic heterocycles. The zero-order valence-electron chi connectivity index (χ0n) is 28.3. The lowest BCUT2D eigenvalue weighted by Crippen LogP contribution is -2.45. The van der Waals surface area contributed by atoms with Crippen molar-refractivity contribution in [3.8, 4) is 28.4 Å². The molecule has 1 atom stereocenters.